The Hall–Kier alpha value is -1.58. The minimum Gasteiger partial charge on any atom is -0.383 e. The molecule has 0 aromatic carbocycles. The number of aromatic nitrogens is 1. The molecule has 0 aliphatic rings. The lowest BCUT2D eigenvalue weighted by atomic mass is 10.2. The molecule has 4 nitrogen and oxygen atoms in total. The van der Waals surface area contributed by atoms with Crippen LogP contribution in [0.4, 0.5) is 5.82 Å². The molecule has 13 heavy (non-hydrogen) atoms. The van der Waals surface area contributed by atoms with Crippen LogP contribution < -0.4 is 11.1 Å². The number of amides is 1. The van der Waals surface area contributed by atoms with E-state index >= 15 is 0 Å². The lowest BCUT2D eigenvalue weighted by Gasteiger charge is -2.08. The minimum absolute atomic E-state index is 0.0899. The van der Waals surface area contributed by atoms with Gasteiger partial charge in [-0.05, 0) is 19.9 Å². The van der Waals surface area contributed by atoms with Gasteiger partial charge in [0.2, 0.25) is 0 Å². The van der Waals surface area contributed by atoms with Gasteiger partial charge >= 0.3 is 0 Å². The maximum Gasteiger partial charge on any atom is 0.255 e. The Morgan fingerprint density at radius 2 is 2.38 bits per heavy atom. The first kappa shape index (κ1) is 9.51. The third kappa shape index (κ3) is 2.43. The molecule has 1 aromatic rings. The summed E-state index contributed by atoms with van der Waals surface area (Å²) in [4.78, 5) is 15.2. The molecular weight excluding hydrogens is 166 g/mol. The van der Waals surface area contributed by atoms with E-state index in [9.17, 15) is 4.79 Å². The van der Waals surface area contributed by atoms with Gasteiger partial charge in [0.15, 0.2) is 0 Å². The van der Waals surface area contributed by atoms with Crippen molar-refractivity contribution in [3.63, 3.8) is 0 Å². The van der Waals surface area contributed by atoms with E-state index in [-0.39, 0.29) is 17.8 Å². The van der Waals surface area contributed by atoms with E-state index in [1.54, 1.807) is 0 Å². The average molecular weight is 178 g/mol. The number of carbonyl (C=O) groups excluding carboxylic acids is 1. The fourth-order valence-corrected chi connectivity index (χ4v) is 0.893. The molecule has 0 saturated carbocycles. The molecule has 1 rings (SSSR count). The van der Waals surface area contributed by atoms with Crippen molar-refractivity contribution < 1.29 is 4.79 Å². The van der Waals surface area contributed by atoms with Crippen molar-refractivity contribution in [2.24, 2.45) is 0 Å². The summed E-state index contributed by atoms with van der Waals surface area (Å²) < 4.78 is 0. The van der Waals surface area contributed by atoms with Gasteiger partial charge in [0.1, 0.15) is 5.82 Å². The highest BCUT2D eigenvalue weighted by atomic mass is 16.1. The van der Waals surface area contributed by atoms with Crippen molar-refractivity contribution in [2.45, 2.75) is 19.9 Å². The average Bonchev–Trinajstić information content (AvgIpc) is 2.03. The van der Waals surface area contributed by atoms with Crippen molar-refractivity contribution in [2.75, 3.05) is 5.73 Å². The molecule has 1 radical (unpaired) electrons. The zero-order chi connectivity index (χ0) is 9.84. The lowest BCUT2D eigenvalue weighted by Crippen LogP contribution is -2.30. The maximum atomic E-state index is 11.4. The zero-order valence-corrected chi connectivity index (χ0v) is 7.66. The number of hydrogen-bond acceptors (Lipinski definition) is 3. The summed E-state index contributed by atoms with van der Waals surface area (Å²) in [6.07, 6.45) is 1.43. The second-order valence-electron chi connectivity index (χ2n) is 3.00. The minimum atomic E-state index is -0.211. The van der Waals surface area contributed by atoms with Crippen molar-refractivity contribution in [3.05, 3.63) is 23.9 Å². The molecule has 0 spiro atoms. The number of rotatable bonds is 2. The van der Waals surface area contributed by atoms with E-state index < -0.39 is 0 Å². The molecule has 0 aliphatic heterocycles. The molecule has 1 aromatic heterocycles. The highest BCUT2D eigenvalue weighted by molar-refractivity contribution is 5.98. The predicted octanol–water partition coefficient (Wildman–Crippen LogP) is 0.602. The third-order valence-electron chi connectivity index (χ3n) is 1.45. The smallest absolute Gasteiger partial charge is 0.255 e. The highest BCUT2D eigenvalue weighted by Gasteiger charge is 2.09. The van der Waals surface area contributed by atoms with Crippen LogP contribution >= 0.6 is 0 Å². The van der Waals surface area contributed by atoms with Crippen molar-refractivity contribution in [1.29, 1.82) is 0 Å². The van der Waals surface area contributed by atoms with Gasteiger partial charge < -0.3 is 11.1 Å². The van der Waals surface area contributed by atoms with Crippen molar-refractivity contribution in [3.8, 4) is 0 Å². The maximum absolute atomic E-state index is 11.4. The summed E-state index contributed by atoms with van der Waals surface area (Å²) in [6, 6.07) is 4.32. The van der Waals surface area contributed by atoms with Gasteiger partial charge in [0.25, 0.3) is 5.91 Å². The SMILES string of the molecule is CC(C)NC(=O)c1c[c]cnc1N. The number of nitrogens with zero attached hydrogens (tertiary/aromatic N) is 1. The molecular formula is C9H12N3O. The van der Waals surface area contributed by atoms with Gasteiger partial charge in [-0.1, -0.05) is 0 Å². The van der Waals surface area contributed by atoms with Crippen molar-refractivity contribution >= 4 is 11.7 Å². The van der Waals surface area contributed by atoms with E-state index in [0.717, 1.165) is 0 Å². The number of nitrogens with two attached hydrogens (primary N) is 1. The highest BCUT2D eigenvalue weighted by Crippen LogP contribution is 2.05. The van der Waals surface area contributed by atoms with E-state index in [2.05, 4.69) is 16.4 Å². The Labute approximate surface area is 77.2 Å². The van der Waals surface area contributed by atoms with Crippen LogP contribution in [0.15, 0.2) is 12.3 Å². The summed E-state index contributed by atoms with van der Waals surface area (Å²) in [5, 5.41) is 2.72. The Bertz CT molecular complexity index is 309. The fourth-order valence-electron chi connectivity index (χ4n) is 0.893. The number of carbonyl (C=O) groups is 1. The monoisotopic (exact) mass is 178 g/mol. The number of pyridine rings is 1. The van der Waals surface area contributed by atoms with Crippen LogP contribution in [0.1, 0.15) is 24.2 Å². The first-order valence-electron chi connectivity index (χ1n) is 4.03. The zero-order valence-electron chi connectivity index (χ0n) is 7.66. The number of nitrogens with one attached hydrogen (secondary N) is 1. The predicted molar refractivity (Wildman–Crippen MR) is 50.1 cm³/mol. The fraction of sp³-hybridized carbons (Fsp3) is 0.333. The summed E-state index contributed by atoms with van der Waals surface area (Å²) >= 11 is 0. The molecule has 0 unspecified atom stereocenters. The van der Waals surface area contributed by atoms with Gasteiger partial charge in [-0.25, -0.2) is 4.98 Å². The van der Waals surface area contributed by atoms with E-state index in [4.69, 9.17) is 5.73 Å². The van der Waals surface area contributed by atoms with Crippen LogP contribution in [0.2, 0.25) is 0 Å². The van der Waals surface area contributed by atoms with Gasteiger partial charge in [-0.3, -0.25) is 4.79 Å². The van der Waals surface area contributed by atoms with E-state index in [1.165, 1.54) is 12.3 Å². The summed E-state index contributed by atoms with van der Waals surface area (Å²) in [7, 11) is 0. The van der Waals surface area contributed by atoms with Gasteiger partial charge in [-0.2, -0.15) is 0 Å². The quantitative estimate of drug-likeness (QED) is 0.697. The summed E-state index contributed by atoms with van der Waals surface area (Å²) in [5.41, 5.74) is 5.88. The second-order valence-corrected chi connectivity index (χ2v) is 3.00. The molecule has 0 atom stereocenters. The second kappa shape index (κ2) is 3.89. The molecule has 0 saturated heterocycles. The molecule has 4 heteroatoms. The van der Waals surface area contributed by atoms with Crippen LogP contribution in [0.25, 0.3) is 0 Å². The van der Waals surface area contributed by atoms with Crippen LogP contribution in [0.5, 0.6) is 0 Å². The lowest BCUT2D eigenvalue weighted by molar-refractivity contribution is 0.0943. The number of anilines is 1. The Morgan fingerprint density at radius 1 is 1.69 bits per heavy atom. The van der Waals surface area contributed by atoms with Crippen LogP contribution in [-0.4, -0.2) is 16.9 Å². The topological polar surface area (TPSA) is 68.0 Å². The molecule has 1 heterocycles. The molecule has 0 fully saturated rings. The Kier molecular flexibility index (Phi) is 2.84. The Morgan fingerprint density at radius 3 is 2.92 bits per heavy atom. The van der Waals surface area contributed by atoms with E-state index in [0.29, 0.717) is 5.56 Å². The molecule has 3 N–H and O–H groups in total. The standard InChI is InChI=1S/C9H12N3O/c1-6(2)12-9(13)7-4-3-5-11-8(7)10/h4-6H,1-2H3,(H2,10,11)(H,12,13). The number of nitrogen functional groups attached to an aromatic ring is 1. The van der Waals surface area contributed by atoms with E-state index in [1.807, 2.05) is 13.8 Å². The van der Waals surface area contributed by atoms with Crippen LogP contribution in [0.3, 0.4) is 0 Å². The Balaban J connectivity index is 2.83. The summed E-state index contributed by atoms with van der Waals surface area (Å²) in [6.45, 7) is 3.77. The van der Waals surface area contributed by atoms with Gasteiger partial charge in [-0.15, -0.1) is 0 Å². The van der Waals surface area contributed by atoms with Gasteiger partial charge in [0.05, 0.1) is 5.56 Å². The largest absolute Gasteiger partial charge is 0.383 e. The molecule has 0 bridgehead atoms. The molecule has 69 valence electrons. The molecule has 0 aliphatic carbocycles. The third-order valence-corrected chi connectivity index (χ3v) is 1.45. The first-order chi connectivity index (χ1) is 6.11. The number of hydrogen-bond donors (Lipinski definition) is 2. The summed E-state index contributed by atoms with van der Waals surface area (Å²) in [5.74, 6) is 0.0220. The van der Waals surface area contributed by atoms with Crippen molar-refractivity contribution in [1.82, 2.24) is 10.3 Å². The van der Waals surface area contributed by atoms with Crippen LogP contribution in [-0.2, 0) is 0 Å². The van der Waals surface area contributed by atoms with Crippen LogP contribution in [0, 0.1) is 6.07 Å². The van der Waals surface area contributed by atoms with Gasteiger partial charge in [0, 0.05) is 18.3 Å². The normalized spacial score (nSPS) is 10.1. The molecule has 1 amide bonds. The first-order valence-corrected chi connectivity index (χ1v) is 4.03.